The summed E-state index contributed by atoms with van der Waals surface area (Å²) in [4.78, 5) is 17.6. The zero-order chi connectivity index (χ0) is 13.9. The Hall–Kier alpha value is -1.46. The number of fused-ring (bicyclic) bond motifs is 1. The number of aromatic carboxylic acids is 1. The summed E-state index contributed by atoms with van der Waals surface area (Å²) in [6.07, 6.45) is 5.04. The fourth-order valence-corrected chi connectivity index (χ4v) is 3.36. The van der Waals surface area contributed by atoms with E-state index in [-0.39, 0.29) is 5.69 Å². The summed E-state index contributed by atoms with van der Waals surface area (Å²) in [5.41, 5.74) is 0.925. The van der Waals surface area contributed by atoms with E-state index in [0.29, 0.717) is 12.6 Å². The maximum absolute atomic E-state index is 10.9. The van der Waals surface area contributed by atoms with Gasteiger partial charge in [0.05, 0.1) is 5.69 Å². The summed E-state index contributed by atoms with van der Waals surface area (Å²) in [6, 6.07) is 6.45. The van der Waals surface area contributed by atoms with Crippen LogP contribution in [-0.4, -0.2) is 46.1 Å². The molecule has 2 N–H and O–H groups in total. The number of pyridine rings is 1. The Morgan fingerprint density at radius 2 is 2.30 bits per heavy atom. The van der Waals surface area contributed by atoms with E-state index in [9.17, 15) is 4.79 Å². The van der Waals surface area contributed by atoms with Crippen LogP contribution in [-0.2, 0) is 6.54 Å². The molecule has 108 valence electrons. The van der Waals surface area contributed by atoms with Crippen LogP contribution in [0.25, 0.3) is 0 Å². The second-order valence-corrected chi connectivity index (χ2v) is 5.75. The minimum Gasteiger partial charge on any atom is -0.477 e. The Bertz CT molecular complexity index is 492. The van der Waals surface area contributed by atoms with Gasteiger partial charge in [0.15, 0.2) is 0 Å². The molecule has 0 aliphatic carbocycles. The monoisotopic (exact) mass is 275 g/mol. The third-order valence-corrected chi connectivity index (χ3v) is 4.42. The quantitative estimate of drug-likeness (QED) is 0.871. The molecule has 3 heterocycles. The van der Waals surface area contributed by atoms with Gasteiger partial charge in [-0.1, -0.05) is 6.07 Å². The highest BCUT2D eigenvalue weighted by Gasteiger charge is 2.31. The van der Waals surface area contributed by atoms with Crippen LogP contribution in [0, 0.1) is 0 Å². The number of aromatic nitrogens is 1. The molecule has 2 atom stereocenters. The van der Waals surface area contributed by atoms with E-state index in [1.165, 1.54) is 44.8 Å². The maximum Gasteiger partial charge on any atom is 0.354 e. The maximum atomic E-state index is 10.9. The summed E-state index contributed by atoms with van der Waals surface area (Å²) >= 11 is 0. The summed E-state index contributed by atoms with van der Waals surface area (Å²) in [7, 11) is 0. The van der Waals surface area contributed by atoms with Crippen LogP contribution >= 0.6 is 0 Å². The predicted molar refractivity (Wildman–Crippen MR) is 75.7 cm³/mol. The molecule has 5 nitrogen and oxygen atoms in total. The van der Waals surface area contributed by atoms with Gasteiger partial charge >= 0.3 is 5.97 Å². The molecule has 0 radical (unpaired) electrons. The third-order valence-electron chi connectivity index (χ3n) is 4.42. The molecule has 20 heavy (non-hydrogen) atoms. The number of hydrogen-bond donors (Lipinski definition) is 2. The highest BCUT2D eigenvalue weighted by molar-refractivity contribution is 5.85. The molecule has 0 bridgehead atoms. The molecule has 3 rings (SSSR count). The Labute approximate surface area is 119 Å². The van der Waals surface area contributed by atoms with Crippen LogP contribution in [0.5, 0.6) is 0 Å². The molecule has 2 aliphatic heterocycles. The Balaban J connectivity index is 1.54. The molecule has 2 fully saturated rings. The lowest BCUT2D eigenvalue weighted by molar-refractivity contribution is 0.0690. The SMILES string of the molecule is O=C(O)c1cccc(CNC2CCN3CCCC3C2)n1. The van der Waals surface area contributed by atoms with Crippen molar-refractivity contribution >= 4 is 5.97 Å². The van der Waals surface area contributed by atoms with Crippen molar-refractivity contribution in [3.05, 3.63) is 29.6 Å². The van der Waals surface area contributed by atoms with Crippen LogP contribution in [0.4, 0.5) is 0 Å². The Morgan fingerprint density at radius 1 is 1.40 bits per heavy atom. The first-order valence-corrected chi connectivity index (χ1v) is 7.39. The van der Waals surface area contributed by atoms with Crippen molar-refractivity contribution in [3.8, 4) is 0 Å². The number of carboxylic acids is 1. The van der Waals surface area contributed by atoms with E-state index in [0.717, 1.165) is 11.7 Å². The fourth-order valence-electron chi connectivity index (χ4n) is 3.36. The first-order valence-electron chi connectivity index (χ1n) is 7.39. The van der Waals surface area contributed by atoms with E-state index >= 15 is 0 Å². The van der Waals surface area contributed by atoms with Crippen LogP contribution in [0.2, 0.25) is 0 Å². The molecular weight excluding hydrogens is 254 g/mol. The minimum absolute atomic E-state index is 0.120. The molecule has 2 unspecified atom stereocenters. The zero-order valence-corrected chi connectivity index (χ0v) is 11.6. The molecule has 0 spiro atoms. The molecule has 0 saturated carbocycles. The van der Waals surface area contributed by atoms with Gasteiger partial charge < -0.3 is 15.3 Å². The molecule has 5 heteroatoms. The first-order chi connectivity index (χ1) is 9.72. The van der Waals surface area contributed by atoms with Crippen molar-refractivity contribution in [2.75, 3.05) is 13.1 Å². The normalized spacial score (nSPS) is 26.4. The van der Waals surface area contributed by atoms with Crippen molar-refractivity contribution in [2.45, 2.75) is 44.3 Å². The van der Waals surface area contributed by atoms with Crippen molar-refractivity contribution < 1.29 is 9.90 Å². The molecule has 2 saturated heterocycles. The lowest BCUT2D eigenvalue weighted by atomic mass is 9.97. The van der Waals surface area contributed by atoms with Gasteiger partial charge in [0, 0.05) is 18.6 Å². The van der Waals surface area contributed by atoms with Gasteiger partial charge in [0.1, 0.15) is 5.69 Å². The fraction of sp³-hybridized carbons (Fsp3) is 0.600. The largest absolute Gasteiger partial charge is 0.477 e. The van der Waals surface area contributed by atoms with Crippen LogP contribution in [0.1, 0.15) is 41.9 Å². The lowest BCUT2D eigenvalue weighted by Gasteiger charge is -2.35. The number of nitrogens with one attached hydrogen (secondary N) is 1. The number of hydrogen-bond acceptors (Lipinski definition) is 4. The van der Waals surface area contributed by atoms with E-state index in [1.54, 1.807) is 6.07 Å². The van der Waals surface area contributed by atoms with E-state index in [4.69, 9.17) is 5.11 Å². The van der Waals surface area contributed by atoms with E-state index in [1.807, 2.05) is 6.07 Å². The smallest absolute Gasteiger partial charge is 0.354 e. The van der Waals surface area contributed by atoms with Gasteiger partial charge in [-0.25, -0.2) is 9.78 Å². The predicted octanol–water partition coefficient (Wildman–Crippen LogP) is 1.50. The Morgan fingerprint density at radius 3 is 3.15 bits per heavy atom. The van der Waals surface area contributed by atoms with Gasteiger partial charge in [-0.2, -0.15) is 0 Å². The van der Waals surface area contributed by atoms with Crippen molar-refractivity contribution in [1.82, 2.24) is 15.2 Å². The number of nitrogens with zero attached hydrogens (tertiary/aromatic N) is 2. The van der Waals surface area contributed by atoms with Gasteiger partial charge in [-0.3, -0.25) is 0 Å². The standard InChI is InChI=1S/C15H21N3O2/c19-15(20)14-5-1-3-12(17-14)10-16-11-6-8-18-7-2-4-13(18)9-11/h1,3,5,11,13,16H,2,4,6-10H2,(H,19,20). The second kappa shape index (κ2) is 5.89. The molecule has 0 amide bonds. The lowest BCUT2D eigenvalue weighted by Crippen LogP contribution is -2.45. The van der Waals surface area contributed by atoms with Crippen LogP contribution < -0.4 is 5.32 Å². The topological polar surface area (TPSA) is 65.5 Å². The number of piperidine rings is 1. The highest BCUT2D eigenvalue weighted by Crippen LogP contribution is 2.26. The molecule has 1 aromatic heterocycles. The van der Waals surface area contributed by atoms with Gasteiger partial charge in [-0.05, 0) is 50.9 Å². The van der Waals surface area contributed by atoms with Crippen molar-refractivity contribution in [1.29, 1.82) is 0 Å². The Kier molecular flexibility index (Phi) is 3.98. The summed E-state index contributed by atoms with van der Waals surface area (Å²) < 4.78 is 0. The summed E-state index contributed by atoms with van der Waals surface area (Å²) in [5.74, 6) is -0.967. The second-order valence-electron chi connectivity index (χ2n) is 5.75. The zero-order valence-electron chi connectivity index (χ0n) is 11.6. The van der Waals surface area contributed by atoms with Crippen LogP contribution in [0.15, 0.2) is 18.2 Å². The average Bonchev–Trinajstić information content (AvgIpc) is 2.93. The van der Waals surface area contributed by atoms with Gasteiger partial charge in [0.2, 0.25) is 0 Å². The minimum atomic E-state index is -0.967. The molecule has 1 aromatic rings. The van der Waals surface area contributed by atoms with Crippen LogP contribution in [0.3, 0.4) is 0 Å². The van der Waals surface area contributed by atoms with Gasteiger partial charge in [0.25, 0.3) is 0 Å². The molecule has 0 aromatic carbocycles. The first kappa shape index (κ1) is 13.5. The number of carboxylic acid groups (broad SMARTS) is 1. The third kappa shape index (κ3) is 2.99. The molecule has 2 aliphatic rings. The summed E-state index contributed by atoms with van der Waals surface area (Å²) in [6.45, 7) is 3.10. The van der Waals surface area contributed by atoms with Crippen molar-refractivity contribution in [2.24, 2.45) is 0 Å². The van der Waals surface area contributed by atoms with Crippen molar-refractivity contribution in [3.63, 3.8) is 0 Å². The number of rotatable bonds is 4. The van der Waals surface area contributed by atoms with E-state index in [2.05, 4.69) is 15.2 Å². The summed E-state index contributed by atoms with van der Waals surface area (Å²) in [5, 5.41) is 12.5. The number of carbonyl (C=O) groups is 1. The average molecular weight is 275 g/mol. The molecular formula is C15H21N3O2. The van der Waals surface area contributed by atoms with E-state index < -0.39 is 5.97 Å². The highest BCUT2D eigenvalue weighted by atomic mass is 16.4. The van der Waals surface area contributed by atoms with Gasteiger partial charge in [-0.15, -0.1) is 0 Å².